The normalized spacial score (nSPS) is 10.2. The molecule has 0 radical (unpaired) electrons. The number of rotatable bonds is 8. The van der Waals surface area contributed by atoms with E-state index in [2.05, 4.69) is 20.8 Å². The summed E-state index contributed by atoms with van der Waals surface area (Å²) in [5.41, 5.74) is 0.936. The van der Waals surface area contributed by atoms with Gasteiger partial charge in [0.05, 0.1) is 0 Å². The molecule has 9 heteroatoms. The first-order chi connectivity index (χ1) is 11.6. The van der Waals surface area contributed by atoms with Crippen molar-refractivity contribution in [3.63, 3.8) is 0 Å². The molecule has 0 atom stereocenters. The van der Waals surface area contributed by atoms with Gasteiger partial charge in [0.25, 0.3) is 0 Å². The van der Waals surface area contributed by atoms with Gasteiger partial charge in [0.2, 0.25) is 11.0 Å². The van der Waals surface area contributed by atoms with Crippen LogP contribution in [0.25, 0.3) is 0 Å². The number of nitrogens with one attached hydrogen (secondary N) is 3. The molecule has 2 amide bonds. The summed E-state index contributed by atoms with van der Waals surface area (Å²) in [6.07, 6.45) is 1.23. The summed E-state index contributed by atoms with van der Waals surface area (Å²) >= 11 is 6.09. The molecule has 0 unspecified atom stereocenters. The van der Waals surface area contributed by atoms with E-state index < -0.39 is 6.09 Å². The number of anilines is 1. The van der Waals surface area contributed by atoms with E-state index in [1.165, 1.54) is 11.3 Å². The first-order valence-corrected chi connectivity index (χ1v) is 8.66. The van der Waals surface area contributed by atoms with Crippen molar-refractivity contribution in [3.8, 4) is 0 Å². The highest BCUT2D eigenvalue weighted by atomic mass is 32.1. The maximum Gasteiger partial charge on any atom is 0.407 e. The second-order valence-corrected chi connectivity index (χ2v) is 6.58. The van der Waals surface area contributed by atoms with Crippen LogP contribution in [0.2, 0.25) is 0 Å². The molecule has 0 saturated carbocycles. The highest BCUT2D eigenvalue weighted by Crippen LogP contribution is 2.11. The van der Waals surface area contributed by atoms with Crippen molar-refractivity contribution >= 4 is 40.7 Å². The summed E-state index contributed by atoms with van der Waals surface area (Å²) in [7, 11) is 0. The standard InChI is InChI=1S/C15H18N4O3S2/c20-12(17-13-18-19-15(23)24-13)8-4-5-9-16-14(21)22-10-11-6-2-1-3-7-11/h1-3,6-7H,4-5,8-10H2,(H,16,21)(H,19,23)(H,17,18,20). The minimum Gasteiger partial charge on any atom is -0.445 e. The van der Waals surface area contributed by atoms with Gasteiger partial charge >= 0.3 is 6.09 Å². The van der Waals surface area contributed by atoms with Crippen LogP contribution in [0.4, 0.5) is 9.93 Å². The van der Waals surface area contributed by atoms with Crippen molar-refractivity contribution in [2.24, 2.45) is 0 Å². The van der Waals surface area contributed by atoms with Crippen molar-refractivity contribution < 1.29 is 14.3 Å². The lowest BCUT2D eigenvalue weighted by Crippen LogP contribution is -2.25. The van der Waals surface area contributed by atoms with Crippen LogP contribution < -0.4 is 10.6 Å². The van der Waals surface area contributed by atoms with Gasteiger partial charge in [-0.2, -0.15) is 0 Å². The zero-order chi connectivity index (χ0) is 17.2. The summed E-state index contributed by atoms with van der Waals surface area (Å²) in [6, 6.07) is 9.46. The minimum absolute atomic E-state index is 0.126. The second kappa shape index (κ2) is 9.78. The van der Waals surface area contributed by atoms with Crippen LogP contribution in [-0.4, -0.2) is 28.7 Å². The molecule has 7 nitrogen and oxygen atoms in total. The predicted octanol–water partition coefficient (Wildman–Crippen LogP) is 3.24. The highest BCUT2D eigenvalue weighted by molar-refractivity contribution is 7.73. The third-order valence-corrected chi connectivity index (χ3v) is 4.00. The maximum absolute atomic E-state index is 11.7. The van der Waals surface area contributed by atoms with Crippen LogP contribution in [-0.2, 0) is 16.1 Å². The van der Waals surface area contributed by atoms with Gasteiger partial charge in [0, 0.05) is 13.0 Å². The Balaban J connectivity index is 1.52. The van der Waals surface area contributed by atoms with Gasteiger partial charge in [0.1, 0.15) is 6.61 Å². The lowest BCUT2D eigenvalue weighted by molar-refractivity contribution is -0.116. The van der Waals surface area contributed by atoms with Crippen molar-refractivity contribution in [2.75, 3.05) is 11.9 Å². The summed E-state index contributed by atoms with van der Waals surface area (Å²) in [4.78, 5) is 23.2. The highest BCUT2D eigenvalue weighted by Gasteiger charge is 2.06. The van der Waals surface area contributed by atoms with E-state index in [1.54, 1.807) is 0 Å². The molecule has 3 N–H and O–H groups in total. The number of aromatic nitrogens is 2. The van der Waals surface area contributed by atoms with Gasteiger partial charge in [0.15, 0.2) is 3.95 Å². The van der Waals surface area contributed by atoms with Crippen molar-refractivity contribution in [2.45, 2.75) is 25.9 Å². The number of amides is 2. The summed E-state index contributed by atoms with van der Waals surface area (Å²) in [6.45, 7) is 0.701. The monoisotopic (exact) mass is 366 g/mol. The number of nitrogens with zero attached hydrogens (tertiary/aromatic N) is 1. The largest absolute Gasteiger partial charge is 0.445 e. The maximum atomic E-state index is 11.7. The van der Waals surface area contributed by atoms with E-state index in [-0.39, 0.29) is 12.5 Å². The Bertz CT molecular complexity index is 715. The van der Waals surface area contributed by atoms with Crippen LogP contribution >= 0.6 is 23.6 Å². The van der Waals surface area contributed by atoms with E-state index in [0.717, 1.165) is 5.56 Å². The molecule has 0 bridgehead atoms. The molecular weight excluding hydrogens is 348 g/mol. The lowest BCUT2D eigenvalue weighted by atomic mass is 10.2. The second-order valence-electron chi connectivity index (χ2n) is 4.91. The number of carbonyl (C=O) groups excluding carboxylic acids is 2. The predicted molar refractivity (Wildman–Crippen MR) is 94.4 cm³/mol. The number of carbonyl (C=O) groups is 2. The van der Waals surface area contributed by atoms with E-state index in [4.69, 9.17) is 17.0 Å². The zero-order valence-electron chi connectivity index (χ0n) is 12.9. The molecule has 0 aliphatic heterocycles. The molecule has 2 aromatic rings. The average Bonchev–Trinajstić information content (AvgIpc) is 2.98. The molecule has 1 heterocycles. The van der Waals surface area contributed by atoms with Gasteiger partial charge in [-0.1, -0.05) is 41.7 Å². The fourth-order valence-corrected chi connectivity index (χ4v) is 2.65. The van der Waals surface area contributed by atoms with Crippen molar-refractivity contribution in [1.82, 2.24) is 15.5 Å². The summed E-state index contributed by atoms with van der Waals surface area (Å²) < 4.78 is 5.60. The first kappa shape index (κ1) is 18.1. The molecule has 2 rings (SSSR count). The molecule has 0 spiro atoms. The van der Waals surface area contributed by atoms with Gasteiger partial charge in [-0.25, -0.2) is 4.79 Å². The number of aromatic amines is 1. The van der Waals surface area contributed by atoms with Crippen LogP contribution in [0.15, 0.2) is 30.3 Å². The minimum atomic E-state index is -0.459. The van der Waals surface area contributed by atoms with Crippen molar-refractivity contribution in [1.29, 1.82) is 0 Å². The van der Waals surface area contributed by atoms with Crippen molar-refractivity contribution in [3.05, 3.63) is 39.8 Å². The van der Waals surface area contributed by atoms with E-state index in [1.807, 2.05) is 30.3 Å². The zero-order valence-corrected chi connectivity index (χ0v) is 14.5. The number of hydrogen-bond donors (Lipinski definition) is 3. The molecule has 0 fully saturated rings. The lowest BCUT2D eigenvalue weighted by Gasteiger charge is -2.07. The van der Waals surface area contributed by atoms with E-state index in [9.17, 15) is 9.59 Å². The molecule has 128 valence electrons. The number of alkyl carbamates (subject to hydrolysis) is 1. The Morgan fingerprint density at radius 1 is 1.25 bits per heavy atom. The molecule has 24 heavy (non-hydrogen) atoms. The number of unbranched alkanes of at least 4 members (excludes halogenated alkanes) is 1. The Kier molecular flexibility index (Phi) is 7.37. The fraction of sp³-hybridized carbons (Fsp3) is 0.333. The van der Waals surface area contributed by atoms with Gasteiger partial charge in [-0.15, -0.1) is 5.10 Å². The summed E-state index contributed by atoms with van der Waals surface area (Å²) in [5.74, 6) is -0.126. The Labute approximate surface area is 148 Å². The molecule has 0 aliphatic rings. The van der Waals surface area contributed by atoms with Crippen LogP contribution in [0.1, 0.15) is 24.8 Å². The van der Waals surface area contributed by atoms with Crippen LogP contribution in [0, 0.1) is 3.95 Å². The average molecular weight is 366 g/mol. The molecule has 1 aromatic heterocycles. The SMILES string of the molecule is O=C(CCCCNC(=O)OCc1ccccc1)Nc1n[nH]c(=S)s1. The Morgan fingerprint density at radius 2 is 2.04 bits per heavy atom. The quantitative estimate of drug-likeness (QED) is 0.492. The Hall–Kier alpha value is -2.26. The first-order valence-electron chi connectivity index (χ1n) is 7.43. The Morgan fingerprint density at radius 3 is 2.75 bits per heavy atom. The van der Waals surface area contributed by atoms with Gasteiger partial charge in [-0.05, 0) is 30.6 Å². The number of ether oxygens (including phenoxy) is 1. The van der Waals surface area contributed by atoms with Crippen LogP contribution in [0.3, 0.4) is 0 Å². The fourth-order valence-electron chi connectivity index (χ4n) is 1.84. The third-order valence-electron chi connectivity index (χ3n) is 3.00. The number of hydrogen-bond acceptors (Lipinski definition) is 6. The van der Waals surface area contributed by atoms with Gasteiger partial charge in [-0.3, -0.25) is 9.89 Å². The number of benzene rings is 1. The molecular formula is C15H18N4O3S2. The van der Waals surface area contributed by atoms with Gasteiger partial charge < -0.3 is 15.4 Å². The summed E-state index contributed by atoms with van der Waals surface area (Å²) in [5, 5.41) is 12.2. The van der Waals surface area contributed by atoms with E-state index in [0.29, 0.717) is 34.9 Å². The van der Waals surface area contributed by atoms with Crippen LogP contribution in [0.5, 0.6) is 0 Å². The third kappa shape index (κ3) is 6.88. The molecule has 0 saturated heterocycles. The molecule has 0 aliphatic carbocycles. The topological polar surface area (TPSA) is 96.1 Å². The smallest absolute Gasteiger partial charge is 0.407 e. The molecule has 1 aromatic carbocycles. The number of H-pyrrole nitrogens is 1. The van der Waals surface area contributed by atoms with E-state index >= 15 is 0 Å².